The third-order valence-electron chi connectivity index (χ3n) is 3.93. The second kappa shape index (κ2) is 6.68. The summed E-state index contributed by atoms with van der Waals surface area (Å²) in [5, 5.41) is 7.09. The van der Waals surface area contributed by atoms with Crippen molar-refractivity contribution >= 4 is 5.91 Å². The lowest BCUT2D eigenvalue weighted by atomic mass is 10.2. The molecular formula is C16H22N4O3. The lowest BCUT2D eigenvalue weighted by molar-refractivity contribution is -0.123. The van der Waals surface area contributed by atoms with Crippen molar-refractivity contribution in [2.24, 2.45) is 14.1 Å². The van der Waals surface area contributed by atoms with Crippen LogP contribution in [0.2, 0.25) is 0 Å². The molecule has 0 radical (unpaired) electrons. The van der Waals surface area contributed by atoms with Crippen LogP contribution in [0.25, 0.3) is 0 Å². The van der Waals surface area contributed by atoms with E-state index >= 15 is 0 Å². The maximum atomic E-state index is 11.9. The fraction of sp³-hybridized carbons (Fsp3) is 0.438. The molecule has 7 heteroatoms. The molecule has 0 spiro atoms. The topological polar surface area (TPSA) is 78.2 Å². The van der Waals surface area contributed by atoms with Crippen LogP contribution in [0.1, 0.15) is 22.6 Å². The maximum absolute atomic E-state index is 11.9. The van der Waals surface area contributed by atoms with E-state index in [0.717, 1.165) is 22.6 Å². The highest BCUT2D eigenvalue weighted by Gasteiger charge is 2.11. The molecule has 0 atom stereocenters. The number of nitrogens with zero attached hydrogens (tertiary/aromatic N) is 3. The Hall–Kier alpha value is -2.57. The molecule has 23 heavy (non-hydrogen) atoms. The third-order valence-corrected chi connectivity index (χ3v) is 3.93. The number of aryl methyl sites for hydroxylation is 4. The Labute approximate surface area is 134 Å². The number of nitrogens with one attached hydrogen (secondary N) is 1. The van der Waals surface area contributed by atoms with Crippen molar-refractivity contribution in [1.29, 1.82) is 0 Å². The van der Waals surface area contributed by atoms with Gasteiger partial charge in [-0.3, -0.25) is 14.3 Å². The van der Waals surface area contributed by atoms with E-state index in [-0.39, 0.29) is 23.7 Å². The van der Waals surface area contributed by atoms with Crippen LogP contribution in [0.5, 0.6) is 5.75 Å². The number of rotatable bonds is 5. The zero-order chi connectivity index (χ0) is 17.1. The van der Waals surface area contributed by atoms with Gasteiger partial charge in [0.1, 0.15) is 0 Å². The summed E-state index contributed by atoms with van der Waals surface area (Å²) in [6.07, 6.45) is 1.58. The van der Waals surface area contributed by atoms with Crippen molar-refractivity contribution < 1.29 is 9.53 Å². The van der Waals surface area contributed by atoms with Crippen LogP contribution in [0.4, 0.5) is 0 Å². The van der Waals surface area contributed by atoms with Gasteiger partial charge in [-0.1, -0.05) is 0 Å². The molecule has 1 amide bonds. The van der Waals surface area contributed by atoms with Gasteiger partial charge in [-0.05, 0) is 20.8 Å². The second-order valence-electron chi connectivity index (χ2n) is 5.59. The monoisotopic (exact) mass is 318 g/mol. The summed E-state index contributed by atoms with van der Waals surface area (Å²) in [4.78, 5) is 23.7. The summed E-state index contributed by atoms with van der Waals surface area (Å²) < 4.78 is 8.88. The standard InChI is InChI=1S/C16H22N4O3/c1-10-6-14(21)15(8-19(10)4)23-9-16(22)17-7-13-11(2)18-20(5)12(13)3/h6,8H,7,9H2,1-5H3,(H,17,22). The van der Waals surface area contributed by atoms with Gasteiger partial charge >= 0.3 is 0 Å². The SMILES string of the molecule is Cc1nn(C)c(C)c1CNC(=O)COc1cn(C)c(C)cc1=O. The lowest BCUT2D eigenvalue weighted by Gasteiger charge is -2.10. The number of amides is 1. The molecule has 0 fully saturated rings. The molecule has 0 aliphatic rings. The van der Waals surface area contributed by atoms with E-state index in [1.807, 2.05) is 34.9 Å². The average molecular weight is 318 g/mol. The highest BCUT2D eigenvalue weighted by atomic mass is 16.5. The minimum Gasteiger partial charge on any atom is -0.478 e. The molecule has 2 aromatic heterocycles. The molecule has 0 unspecified atom stereocenters. The molecule has 0 saturated heterocycles. The van der Waals surface area contributed by atoms with E-state index in [2.05, 4.69) is 10.4 Å². The number of hydrogen-bond acceptors (Lipinski definition) is 4. The minimum absolute atomic E-state index is 0.169. The van der Waals surface area contributed by atoms with Crippen LogP contribution in [0, 0.1) is 20.8 Å². The van der Waals surface area contributed by atoms with E-state index in [4.69, 9.17) is 4.74 Å². The van der Waals surface area contributed by atoms with Crippen molar-refractivity contribution in [3.05, 3.63) is 45.1 Å². The zero-order valence-corrected chi connectivity index (χ0v) is 14.1. The van der Waals surface area contributed by atoms with E-state index < -0.39 is 0 Å². The quantitative estimate of drug-likeness (QED) is 0.882. The first-order valence-corrected chi connectivity index (χ1v) is 7.35. The van der Waals surface area contributed by atoms with Gasteiger partial charge in [0.25, 0.3) is 5.91 Å². The van der Waals surface area contributed by atoms with Crippen molar-refractivity contribution in [2.75, 3.05) is 6.61 Å². The average Bonchev–Trinajstić information content (AvgIpc) is 2.72. The fourth-order valence-electron chi connectivity index (χ4n) is 2.27. The minimum atomic E-state index is -0.282. The summed E-state index contributed by atoms with van der Waals surface area (Å²) >= 11 is 0. The van der Waals surface area contributed by atoms with E-state index in [9.17, 15) is 9.59 Å². The summed E-state index contributed by atoms with van der Waals surface area (Å²) in [5.74, 6) is -0.114. The smallest absolute Gasteiger partial charge is 0.258 e. The number of carbonyl (C=O) groups excluding carboxylic acids is 1. The van der Waals surface area contributed by atoms with Crippen molar-refractivity contribution in [3.8, 4) is 5.75 Å². The van der Waals surface area contributed by atoms with Gasteiger partial charge < -0.3 is 14.6 Å². The molecule has 0 aliphatic carbocycles. The molecule has 0 aromatic carbocycles. The summed E-state index contributed by atoms with van der Waals surface area (Å²) in [6, 6.07) is 1.48. The molecule has 0 bridgehead atoms. The van der Waals surface area contributed by atoms with Gasteiger partial charge in [0, 0.05) is 49.9 Å². The Morgan fingerprint density at radius 3 is 2.61 bits per heavy atom. The summed E-state index contributed by atoms with van der Waals surface area (Å²) in [5.41, 5.74) is 3.49. The molecule has 2 heterocycles. The predicted molar refractivity (Wildman–Crippen MR) is 86.4 cm³/mol. The normalized spacial score (nSPS) is 10.7. The van der Waals surface area contributed by atoms with E-state index in [0.29, 0.717) is 6.54 Å². The first-order chi connectivity index (χ1) is 10.8. The highest BCUT2D eigenvalue weighted by molar-refractivity contribution is 5.77. The molecule has 1 N–H and O–H groups in total. The van der Waals surface area contributed by atoms with Crippen molar-refractivity contribution in [3.63, 3.8) is 0 Å². The van der Waals surface area contributed by atoms with Gasteiger partial charge in [0.2, 0.25) is 5.43 Å². The van der Waals surface area contributed by atoms with E-state index in [1.165, 1.54) is 6.07 Å². The van der Waals surface area contributed by atoms with Crippen LogP contribution >= 0.6 is 0 Å². The Morgan fingerprint density at radius 2 is 2.00 bits per heavy atom. The number of hydrogen-bond donors (Lipinski definition) is 1. The van der Waals surface area contributed by atoms with Crippen LogP contribution in [0.15, 0.2) is 17.1 Å². The maximum Gasteiger partial charge on any atom is 0.258 e. The summed E-state index contributed by atoms with van der Waals surface area (Å²) in [6.45, 7) is 5.88. The predicted octanol–water partition coefficient (Wildman–Crippen LogP) is 0.739. The summed E-state index contributed by atoms with van der Waals surface area (Å²) in [7, 11) is 3.68. The molecule has 2 aromatic rings. The number of aromatic nitrogens is 3. The highest BCUT2D eigenvalue weighted by Crippen LogP contribution is 2.11. The van der Waals surface area contributed by atoms with Gasteiger partial charge in [0.15, 0.2) is 12.4 Å². The number of pyridine rings is 1. The van der Waals surface area contributed by atoms with Gasteiger partial charge in [0.05, 0.1) is 5.69 Å². The van der Waals surface area contributed by atoms with Gasteiger partial charge in [-0.2, -0.15) is 5.10 Å². The van der Waals surface area contributed by atoms with Crippen molar-refractivity contribution in [1.82, 2.24) is 19.7 Å². The molecule has 0 aliphatic heterocycles. The molecule has 2 rings (SSSR count). The number of carbonyl (C=O) groups is 1. The zero-order valence-electron chi connectivity index (χ0n) is 14.1. The Morgan fingerprint density at radius 1 is 1.30 bits per heavy atom. The fourth-order valence-corrected chi connectivity index (χ4v) is 2.27. The van der Waals surface area contributed by atoms with Crippen LogP contribution in [-0.2, 0) is 25.4 Å². The molecule has 0 saturated carbocycles. The van der Waals surface area contributed by atoms with Crippen LogP contribution < -0.4 is 15.5 Å². The number of ether oxygens (including phenoxy) is 1. The second-order valence-corrected chi connectivity index (χ2v) is 5.59. The van der Waals surface area contributed by atoms with E-state index in [1.54, 1.807) is 15.4 Å². The van der Waals surface area contributed by atoms with Gasteiger partial charge in [-0.25, -0.2) is 0 Å². The van der Waals surface area contributed by atoms with Crippen LogP contribution in [-0.4, -0.2) is 26.9 Å². The molecule has 124 valence electrons. The third kappa shape index (κ3) is 3.80. The molecular weight excluding hydrogens is 296 g/mol. The Kier molecular flexibility index (Phi) is 4.88. The largest absolute Gasteiger partial charge is 0.478 e. The Balaban J connectivity index is 1.93. The first kappa shape index (κ1) is 16.8. The van der Waals surface area contributed by atoms with Crippen LogP contribution in [0.3, 0.4) is 0 Å². The lowest BCUT2D eigenvalue weighted by Crippen LogP contribution is -2.29. The molecule has 7 nitrogen and oxygen atoms in total. The first-order valence-electron chi connectivity index (χ1n) is 7.35. The van der Waals surface area contributed by atoms with Gasteiger partial charge in [-0.15, -0.1) is 0 Å². The van der Waals surface area contributed by atoms with Crippen molar-refractivity contribution in [2.45, 2.75) is 27.3 Å². The Bertz CT molecular complexity index is 789.